The molecule has 1 aromatic heterocycles. The summed E-state index contributed by atoms with van der Waals surface area (Å²) in [5.41, 5.74) is 5.71. The van der Waals surface area contributed by atoms with Crippen molar-refractivity contribution < 1.29 is 10.1 Å². The first-order valence-corrected chi connectivity index (χ1v) is 8.25. The Morgan fingerprint density at radius 2 is 1.83 bits per heavy atom. The molecule has 0 saturated heterocycles. The molecule has 0 aliphatic heterocycles. The van der Waals surface area contributed by atoms with Gasteiger partial charge in [0.2, 0.25) is 11.2 Å². The van der Waals surface area contributed by atoms with Crippen molar-refractivity contribution in [3.63, 3.8) is 0 Å². The minimum absolute atomic E-state index is 0.388. The van der Waals surface area contributed by atoms with Crippen LogP contribution in [-0.4, -0.2) is 5.11 Å². The van der Waals surface area contributed by atoms with Gasteiger partial charge in [-0.1, -0.05) is 42.5 Å². The summed E-state index contributed by atoms with van der Waals surface area (Å²) in [4.78, 5) is 3.45. The molecule has 2 aromatic carbocycles. The topological polar surface area (TPSA) is 46.4 Å². The van der Waals surface area contributed by atoms with Crippen LogP contribution in [0.5, 0.6) is 0 Å². The van der Waals surface area contributed by atoms with E-state index in [4.69, 9.17) is 0 Å². The summed E-state index contributed by atoms with van der Waals surface area (Å²) in [6.07, 6.45) is 2.48. The van der Waals surface area contributed by atoms with E-state index in [2.05, 4.69) is 52.8 Å². The molecular formula is C20H21N2O+. The van der Waals surface area contributed by atoms with E-state index in [-0.39, 0.29) is 6.10 Å². The number of aromatic nitrogens is 1. The summed E-state index contributed by atoms with van der Waals surface area (Å²) in [5, 5.41) is 15.2. The first-order chi connectivity index (χ1) is 11.3. The third-order valence-corrected chi connectivity index (χ3v) is 4.64. The molecule has 0 saturated carbocycles. The minimum Gasteiger partial charge on any atom is -0.382 e. The highest BCUT2D eigenvalue weighted by Gasteiger charge is 2.28. The largest absolute Gasteiger partial charge is 0.382 e. The van der Waals surface area contributed by atoms with Crippen molar-refractivity contribution in [2.45, 2.75) is 31.9 Å². The van der Waals surface area contributed by atoms with Crippen LogP contribution in [0, 0.1) is 0 Å². The zero-order valence-electron chi connectivity index (χ0n) is 13.0. The normalized spacial score (nSPS) is 17.0. The van der Waals surface area contributed by atoms with Gasteiger partial charge in [-0.15, -0.1) is 0 Å². The van der Waals surface area contributed by atoms with E-state index in [0.717, 1.165) is 42.7 Å². The number of hydrogen-bond donors (Lipinski definition) is 2. The van der Waals surface area contributed by atoms with Crippen molar-refractivity contribution in [2.24, 2.45) is 0 Å². The van der Waals surface area contributed by atoms with E-state index < -0.39 is 0 Å². The molecule has 4 rings (SSSR count). The quantitative estimate of drug-likeness (QED) is 0.776. The van der Waals surface area contributed by atoms with E-state index in [1.54, 1.807) is 0 Å². The molecule has 3 N–H and O–H groups in total. The number of aliphatic hydroxyl groups is 1. The Hall–Kier alpha value is -2.39. The van der Waals surface area contributed by atoms with Crippen LogP contribution in [0.25, 0.3) is 10.9 Å². The van der Waals surface area contributed by atoms with Gasteiger partial charge in [0.15, 0.2) is 0 Å². The number of rotatable bonds is 3. The zero-order chi connectivity index (χ0) is 15.6. The average molecular weight is 305 g/mol. The van der Waals surface area contributed by atoms with E-state index in [0.29, 0.717) is 0 Å². The van der Waals surface area contributed by atoms with Gasteiger partial charge in [-0.2, -0.15) is 0 Å². The molecule has 0 fully saturated rings. The summed E-state index contributed by atoms with van der Waals surface area (Å²) < 4.78 is 0. The Morgan fingerprint density at radius 3 is 2.70 bits per heavy atom. The van der Waals surface area contributed by atoms with Crippen LogP contribution in [0.4, 0.5) is 5.69 Å². The van der Waals surface area contributed by atoms with Crippen molar-refractivity contribution in [1.29, 1.82) is 0 Å². The molecule has 1 atom stereocenters. The number of anilines is 1. The van der Waals surface area contributed by atoms with Crippen LogP contribution < -0.4 is 10.3 Å². The molecule has 3 nitrogen and oxygen atoms in total. The van der Waals surface area contributed by atoms with Gasteiger partial charge in [0, 0.05) is 18.2 Å². The molecule has 0 spiro atoms. The van der Waals surface area contributed by atoms with Gasteiger partial charge >= 0.3 is 0 Å². The highest BCUT2D eigenvalue weighted by Crippen LogP contribution is 2.35. The molecule has 0 unspecified atom stereocenters. The minimum atomic E-state index is -0.388. The Labute approximate surface area is 136 Å². The summed E-state index contributed by atoms with van der Waals surface area (Å²) in [6.45, 7) is 0.789. The third-order valence-electron chi connectivity index (χ3n) is 4.64. The molecule has 0 amide bonds. The molecular weight excluding hydrogens is 284 g/mol. The van der Waals surface area contributed by atoms with Gasteiger partial charge in [-0.3, -0.25) is 0 Å². The van der Waals surface area contributed by atoms with Crippen LogP contribution in [0.15, 0.2) is 54.6 Å². The number of para-hydroxylation sites is 1. The van der Waals surface area contributed by atoms with Crippen LogP contribution in [0.2, 0.25) is 0 Å². The number of nitrogens with one attached hydrogen (secondary N) is 2. The maximum atomic E-state index is 10.4. The molecule has 23 heavy (non-hydrogen) atoms. The van der Waals surface area contributed by atoms with E-state index in [1.165, 1.54) is 16.5 Å². The highest BCUT2D eigenvalue weighted by atomic mass is 16.3. The summed E-state index contributed by atoms with van der Waals surface area (Å²) in [6, 6.07) is 18.7. The molecule has 3 aromatic rings. The average Bonchev–Trinajstić information content (AvgIpc) is 2.60. The lowest BCUT2D eigenvalue weighted by Crippen LogP contribution is -2.24. The lowest BCUT2D eigenvalue weighted by atomic mass is 9.90. The van der Waals surface area contributed by atoms with Gasteiger partial charge < -0.3 is 10.4 Å². The fourth-order valence-corrected chi connectivity index (χ4v) is 3.48. The first-order valence-electron chi connectivity index (χ1n) is 8.25. The van der Waals surface area contributed by atoms with E-state index >= 15 is 0 Å². The summed E-state index contributed by atoms with van der Waals surface area (Å²) in [7, 11) is 0. The lowest BCUT2D eigenvalue weighted by molar-refractivity contribution is -0.370. The summed E-state index contributed by atoms with van der Waals surface area (Å²) >= 11 is 0. The fourth-order valence-electron chi connectivity index (χ4n) is 3.48. The predicted octanol–water partition coefficient (Wildman–Crippen LogP) is 3.64. The standard InChI is InChI=1S/C20H20N2O/c23-18-12-6-10-16-19(21-13-14-7-2-1-3-8-14)15-9-4-5-11-17(15)22-20(16)18/h1-5,7-9,11,18,23H,6,10,12-13H2,(H,21,22)/p+1/t18-/m1/s1. The van der Waals surface area contributed by atoms with Gasteiger partial charge in [-0.05, 0) is 30.9 Å². The van der Waals surface area contributed by atoms with Crippen LogP contribution in [0.3, 0.4) is 0 Å². The van der Waals surface area contributed by atoms with Crippen LogP contribution in [-0.2, 0) is 13.0 Å². The van der Waals surface area contributed by atoms with E-state index in [1.807, 2.05) is 12.1 Å². The molecule has 0 radical (unpaired) electrons. The zero-order valence-corrected chi connectivity index (χ0v) is 13.0. The first kappa shape index (κ1) is 14.2. The van der Waals surface area contributed by atoms with Gasteiger partial charge in [0.25, 0.3) is 0 Å². The second kappa shape index (κ2) is 6.01. The number of hydrogen-bond acceptors (Lipinski definition) is 2. The smallest absolute Gasteiger partial charge is 0.214 e. The number of H-pyrrole nitrogens is 1. The monoisotopic (exact) mass is 305 g/mol. The van der Waals surface area contributed by atoms with Gasteiger partial charge in [-0.25, -0.2) is 4.98 Å². The Balaban J connectivity index is 1.80. The fraction of sp³-hybridized carbons (Fsp3) is 0.250. The maximum Gasteiger partial charge on any atom is 0.214 e. The van der Waals surface area contributed by atoms with Crippen molar-refractivity contribution in [3.05, 3.63) is 71.4 Å². The number of pyridine rings is 1. The number of aromatic amines is 1. The maximum absolute atomic E-state index is 10.4. The molecule has 116 valence electrons. The predicted molar refractivity (Wildman–Crippen MR) is 92.2 cm³/mol. The van der Waals surface area contributed by atoms with Gasteiger partial charge in [0.05, 0.1) is 11.1 Å². The second-order valence-electron chi connectivity index (χ2n) is 6.18. The molecule has 1 aliphatic carbocycles. The number of fused-ring (bicyclic) bond motifs is 2. The van der Waals surface area contributed by atoms with Gasteiger partial charge in [0.1, 0.15) is 6.10 Å². The lowest BCUT2D eigenvalue weighted by Gasteiger charge is -2.21. The van der Waals surface area contributed by atoms with Crippen molar-refractivity contribution in [3.8, 4) is 0 Å². The Bertz CT molecular complexity index is 830. The second-order valence-corrected chi connectivity index (χ2v) is 6.18. The molecule has 0 bridgehead atoms. The third kappa shape index (κ3) is 2.68. The Morgan fingerprint density at radius 1 is 1.04 bits per heavy atom. The SMILES string of the molecule is O[C@@H]1CCCc2c1[nH+]c1ccccc1c2NCc1ccccc1. The number of aliphatic hydroxyl groups excluding tert-OH is 1. The highest BCUT2D eigenvalue weighted by molar-refractivity contribution is 5.91. The van der Waals surface area contributed by atoms with Crippen molar-refractivity contribution in [1.82, 2.24) is 0 Å². The molecule has 3 heteroatoms. The van der Waals surface area contributed by atoms with Crippen LogP contribution in [0.1, 0.15) is 35.8 Å². The van der Waals surface area contributed by atoms with Crippen molar-refractivity contribution >= 4 is 16.6 Å². The van der Waals surface area contributed by atoms with Crippen LogP contribution >= 0.6 is 0 Å². The van der Waals surface area contributed by atoms with Crippen molar-refractivity contribution in [2.75, 3.05) is 5.32 Å². The molecule has 1 aliphatic rings. The van der Waals surface area contributed by atoms with E-state index in [9.17, 15) is 5.11 Å². The Kier molecular flexibility index (Phi) is 3.72. The number of benzene rings is 2. The summed E-state index contributed by atoms with van der Waals surface area (Å²) in [5.74, 6) is 0. The molecule has 1 heterocycles.